The van der Waals surface area contributed by atoms with Crippen molar-refractivity contribution in [3.8, 4) is 5.75 Å². The van der Waals surface area contributed by atoms with Crippen LogP contribution < -0.4 is 5.73 Å². The van der Waals surface area contributed by atoms with Crippen molar-refractivity contribution in [3.63, 3.8) is 0 Å². The van der Waals surface area contributed by atoms with E-state index in [1.807, 2.05) is 18.2 Å². The average Bonchev–Trinajstić information content (AvgIpc) is 2.45. The van der Waals surface area contributed by atoms with Crippen molar-refractivity contribution < 1.29 is 9.90 Å². The summed E-state index contributed by atoms with van der Waals surface area (Å²) in [7, 11) is 1.72. The van der Waals surface area contributed by atoms with E-state index in [0.29, 0.717) is 12.2 Å². The predicted molar refractivity (Wildman–Crippen MR) is 84.5 cm³/mol. The van der Waals surface area contributed by atoms with E-state index in [9.17, 15) is 9.90 Å². The maximum atomic E-state index is 12.0. The molecule has 1 amide bonds. The number of carbonyl (C=O) groups excluding carboxylic acids is 1. The first-order valence-corrected chi connectivity index (χ1v) is 6.61. The smallest absolute Gasteiger partial charge is 0.246 e. The van der Waals surface area contributed by atoms with Crippen LogP contribution in [0.15, 0.2) is 54.6 Å². The van der Waals surface area contributed by atoms with Crippen LogP contribution in [0.2, 0.25) is 0 Å². The fourth-order valence-corrected chi connectivity index (χ4v) is 1.96. The van der Waals surface area contributed by atoms with E-state index in [-0.39, 0.29) is 11.7 Å². The van der Waals surface area contributed by atoms with Crippen molar-refractivity contribution in [3.05, 3.63) is 65.7 Å². The highest BCUT2D eigenvalue weighted by Crippen LogP contribution is 2.13. The summed E-state index contributed by atoms with van der Waals surface area (Å²) in [5.41, 5.74) is 8.11. The molecule has 3 N–H and O–H groups in total. The van der Waals surface area contributed by atoms with E-state index in [0.717, 1.165) is 11.1 Å². The molecule has 0 saturated heterocycles. The fraction of sp³-hybridized carbons (Fsp3) is 0.118. The Morgan fingerprint density at radius 2 is 2.00 bits per heavy atom. The van der Waals surface area contributed by atoms with E-state index in [1.54, 1.807) is 48.4 Å². The molecule has 0 saturated carbocycles. The molecule has 108 valence electrons. The number of aromatic hydroxyl groups is 1. The minimum absolute atomic E-state index is 0.110. The molecule has 2 aromatic rings. The quantitative estimate of drug-likeness (QED) is 0.669. The molecule has 2 rings (SSSR count). The first-order valence-electron chi connectivity index (χ1n) is 6.61. The molecule has 0 bridgehead atoms. The van der Waals surface area contributed by atoms with E-state index < -0.39 is 0 Å². The van der Waals surface area contributed by atoms with Crippen LogP contribution >= 0.6 is 0 Å². The number of rotatable bonds is 4. The first kappa shape index (κ1) is 14.7. The normalized spacial score (nSPS) is 10.7. The van der Waals surface area contributed by atoms with Gasteiger partial charge in [0.05, 0.1) is 0 Å². The monoisotopic (exact) mass is 282 g/mol. The molecule has 0 unspecified atom stereocenters. The lowest BCUT2D eigenvalue weighted by atomic mass is 10.2. The van der Waals surface area contributed by atoms with Gasteiger partial charge in [0, 0.05) is 25.4 Å². The molecule has 0 aliphatic carbocycles. The number of phenols is 1. The van der Waals surface area contributed by atoms with Crippen molar-refractivity contribution in [2.75, 3.05) is 12.8 Å². The zero-order valence-corrected chi connectivity index (χ0v) is 11.9. The van der Waals surface area contributed by atoms with Crippen molar-refractivity contribution in [1.29, 1.82) is 0 Å². The third-order valence-corrected chi connectivity index (χ3v) is 3.04. The highest BCUT2D eigenvalue weighted by Gasteiger charge is 2.06. The van der Waals surface area contributed by atoms with Crippen LogP contribution in [-0.2, 0) is 11.3 Å². The van der Waals surface area contributed by atoms with Crippen LogP contribution in [-0.4, -0.2) is 23.0 Å². The second kappa shape index (κ2) is 6.61. The first-order chi connectivity index (χ1) is 10.0. The van der Waals surface area contributed by atoms with E-state index in [1.165, 1.54) is 6.08 Å². The van der Waals surface area contributed by atoms with E-state index >= 15 is 0 Å². The molecule has 4 nitrogen and oxygen atoms in total. The maximum absolute atomic E-state index is 12.0. The summed E-state index contributed by atoms with van der Waals surface area (Å²) in [6.07, 6.45) is 3.25. The highest BCUT2D eigenvalue weighted by molar-refractivity contribution is 5.91. The Kier molecular flexibility index (Phi) is 4.61. The predicted octanol–water partition coefficient (Wildman–Crippen LogP) is 2.65. The number of hydrogen-bond donors (Lipinski definition) is 2. The summed E-state index contributed by atoms with van der Waals surface area (Å²) in [6.45, 7) is 0.439. The van der Waals surface area contributed by atoms with Gasteiger partial charge in [0.2, 0.25) is 5.91 Å². The standard InChI is InChI=1S/C17H18N2O2/c1-19(12-14-5-3-7-16(20)11-14)17(21)9-8-13-4-2-6-15(18)10-13/h2-11,20H,12,18H2,1H3/b9-8+. The van der Waals surface area contributed by atoms with Crippen LogP contribution in [0.5, 0.6) is 5.75 Å². The van der Waals surface area contributed by atoms with Crippen LogP contribution in [0.1, 0.15) is 11.1 Å². The number of likely N-dealkylation sites (N-methyl/N-ethyl adjacent to an activating group) is 1. The van der Waals surface area contributed by atoms with E-state index in [2.05, 4.69) is 0 Å². The number of benzene rings is 2. The number of carbonyl (C=O) groups is 1. The molecule has 0 heterocycles. The van der Waals surface area contributed by atoms with Gasteiger partial charge < -0.3 is 15.7 Å². The summed E-state index contributed by atoms with van der Waals surface area (Å²) >= 11 is 0. The summed E-state index contributed by atoms with van der Waals surface area (Å²) in [4.78, 5) is 13.6. The molecule has 0 aliphatic heterocycles. The number of nitrogens with two attached hydrogens (primary N) is 1. The number of nitrogens with zero attached hydrogens (tertiary/aromatic N) is 1. The topological polar surface area (TPSA) is 66.6 Å². The molecule has 0 radical (unpaired) electrons. The van der Waals surface area contributed by atoms with Crippen molar-refractivity contribution in [1.82, 2.24) is 4.90 Å². The third-order valence-electron chi connectivity index (χ3n) is 3.04. The minimum atomic E-state index is -0.110. The molecule has 2 aromatic carbocycles. The summed E-state index contributed by atoms with van der Waals surface area (Å²) in [5.74, 6) is 0.0874. The third kappa shape index (κ3) is 4.38. The molecule has 0 spiro atoms. The van der Waals surface area contributed by atoms with Gasteiger partial charge in [-0.3, -0.25) is 4.79 Å². The van der Waals surface area contributed by atoms with E-state index in [4.69, 9.17) is 5.73 Å². The van der Waals surface area contributed by atoms with Gasteiger partial charge in [0.25, 0.3) is 0 Å². The largest absolute Gasteiger partial charge is 0.508 e. The minimum Gasteiger partial charge on any atom is -0.508 e. The van der Waals surface area contributed by atoms with Crippen LogP contribution in [0.3, 0.4) is 0 Å². The van der Waals surface area contributed by atoms with Crippen LogP contribution in [0, 0.1) is 0 Å². The Labute approximate surface area is 124 Å². The zero-order chi connectivity index (χ0) is 15.2. The van der Waals surface area contributed by atoms with Crippen molar-refractivity contribution in [2.45, 2.75) is 6.54 Å². The van der Waals surface area contributed by atoms with Crippen molar-refractivity contribution in [2.24, 2.45) is 0 Å². The molecule has 0 aliphatic rings. The lowest BCUT2D eigenvalue weighted by molar-refractivity contribution is -0.125. The molecular formula is C17H18N2O2. The average molecular weight is 282 g/mol. The van der Waals surface area contributed by atoms with Gasteiger partial charge in [0.1, 0.15) is 5.75 Å². The Hall–Kier alpha value is -2.75. The Balaban J connectivity index is 1.99. The summed E-state index contributed by atoms with van der Waals surface area (Å²) in [5, 5.41) is 9.41. The van der Waals surface area contributed by atoms with Gasteiger partial charge in [-0.2, -0.15) is 0 Å². The molecule has 0 aromatic heterocycles. The van der Waals surface area contributed by atoms with Gasteiger partial charge in [-0.15, -0.1) is 0 Å². The molecule has 4 heteroatoms. The van der Waals surface area contributed by atoms with Gasteiger partial charge in [-0.05, 0) is 41.5 Å². The summed E-state index contributed by atoms with van der Waals surface area (Å²) in [6, 6.07) is 14.2. The summed E-state index contributed by atoms with van der Waals surface area (Å²) < 4.78 is 0. The Morgan fingerprint density at radius 3 is 2.71 bits per heavy atom. The van der Waals surface area contributed by atoms with Gasteiger partial charge in [0.15, 0.2) is 0 Å². The number of hydrogen-bond acceptors (Lipinski definition) is 3. The van der Waals surface area contributed by atoms with Crippen molar-refractivity contribution >= 4 is 17.7 Å². The molecule has 21 heavy (non-hydrogen) atoms. The van der Waals surface area contributed by atoms with Crippen LogP contribution in [0.25, 0.3) is 6.08 Å². The number of anilines is 1. The second-order valence-electron chi connectivity index (χ2n) is 4.87. The Morgan fingerprint density at radius 1 is 1.24 bits per heavy atom. The number of nitrogen functional groups attached to an aromatic ring is 1. The molecule has 0 atom stereocenters. The lowest BCUT2D eigenvalue weighted by Gasteiger charge is -2.15. The number of phenolic OH excluding ortho intramolecular Hbond substituents is 1. The van der Waals surface area contributed by atoms with Gasteiger partial charge in [-0.25, -0.2) is 0 Å². The lowest BCUT2D eigenvalue weighted by Crippen LogP contribution is -2.24. The number of amides is 1. The molecular weight excluding hydrogens is 264 g/mol. The Bertz CT molecular complexity index is 665. The maximum Gasteiger partial charge on any atom is 0.246 e. The van der Waals surface area contributed by atoms with Gasteiger partial charge >= 0.3 is 0 Å². The van der Waals surface area contributed by atoms with Crippen LogP contribution in [0.4, 0.5) is 5.69 Å². The SMILES string of the molecule is CN(Cc1cccc(O)c1)C(=O)/C=C/c1cccc(N)c1. The zero-order valence-electron chi connectivity index (χ0n) is 11.9. The fourth-order valence-electron chi connectivity index (χ4n) is 1.96. The molecule has 0 fully saturated rings. The second-order valence-corrected chi connectivity index (χ2v) is 4.87. The van der Waals surface area contributed by atoms with Gasteiger partial charge in [-0.1, -0.05) is 24.3 Å². The highest BCUT2D eigenvalue weighted by atomic mass is 16.3.